The van der Waals surface area contributed by atoms with Crippen LogP contribution in [0.2, 0.25) is 0 Å². The summed E-state index contributed by atoms with van der Waals surface area (Å²) in [5.74, 6) is 0.462. The number of carbonyl (C=O) groups excluding carboxylic acids is 1. The van der Waals surface area contributed by atoms with E-state index in [1.165, 1.54) is 4.57 Å². The van der Waals surface area contributed by atoms with Gasteiger partial charge in [0.15, 0.2) is 11.2 Å². The number of benzene rings is 2. The van der Waals surface area contributed by atoms with Crippen LogP contribution in [0.3, 0.4) is 0 Å². The minimum atomic E-state index is -0.575. The number of imidazole rings is 1. The smallest absolute Gasteiger partial charge is 0.333 e. The summed E-state index contributed by atoms with van der Waals surface area (Å²) >= 11 is 0. The maximum atomic E-state index is 13.4. The van der Waals surface area contributed by atoms with E-state index in [1.54, 1.807) is 24.1 Å². The molecule has 0 aliphatic heterocycles. The molecule has 1 N–H and O–H groups in total. The lowest BCUT2D eigenvalue weighted by Gasteiger charge is -2.14. The Balaban J connectivity index is 1.71. The van der Waals surface area contributed by atoms with Gasteiger partial charge in [-0.15, -0.1) is 0 Å². The lowest BCUT2D eigenvalue weighted by Crippen LogP contribution is -2.44. The molecule has 9 nitrogen and oxygen atoms in total. The van der Waals surface area contributed by atoms with Crippen LogP contribution in [0.1, 0.15) is 25.0 Å². The number of aromatic nitrogens is 4. The first-order valence-corrected chi connectivity index (χ1v) is 11.5. The predicted octanol–water partition coefficient (Wildman–Crippen LogP) is 2.39. The predicted molar refractivity (Wildman–Crippen MR) is 133 cm³/mol. The zero-order valence-electron chi connectivity index (χ0n) is 20.1. The van der Waals surface area contributed by atoms with Crippen molar-refractivity contribution in [3.63, 3.8) is 0 Å². The van der Waals surface area contributed by atoms with E-state index in [0.717, 1.165) is 15.7 Å². The molecule has 0 spiro atoms. The highest BCUT2D eigenvalue weighted by Crippen LogP contribution is 2.16. The van der Waals surface area contributed by atoms with Crippen molar-refractivity contribution in [2.75, 3.05) is 7.11 Å². The van der Waals surface area contributed by atoms with Gasteiger partial charge in [0.2, 0.25) is 5.91 Å². The number of hydrogen-bond donors (Lipinski definition) is 1. The lowest BCUT2D eigenvalue weighted by atomic mass is 10.2. The van der Waals surface area contributed by atoms with Gasteiger partial charge in [-0.05, 0) is 17.5 Å². The van der Waals surface area contributed by atoms with Crippen LogP contribution in [0.4, 0.5) is 0 Å². The van der Waals surface area contributed by atoms with E-state index in [0.29, 0.717) is 23.5 Å². The fraction of sp³-hybridized carbons (Fsp3) is 0.308. The second-order valence-corrected chi connectivity index (χ2v) is 8.80. The molecule has 0 unspecified atom stereocenters. The zero-order valence-corrected chi connectivity index (χ0v) is 20.1. The van der Waals surface area contributed by atoms with Crippen LogP contribution in [0.25, 0.3) is 11.2 Å². The summed E-state index contributed by atoms with van der Waals surface area (Å²) in [7, 11) is 1.56. The number of rotatable bonds is 9. The maximum absolute atomic E-state index is 13.4. The molecule has 0 radical (unpaired) electrons. The first kappa shape index (κ1) is 24.0. The fourth-order valence-electron chi connectivity index (χ4n) is 4.06. The standard InChI is InChI=1S/C26H29N5O4/c1-18(2)14-29-17-28-24-23(29)25(33)31(26(34)30(24)15-19-9-5-4-6-10-19)16-22(32)27-13-20-11-7-8-12-21(20)35-3/h4-12,17-18H,13-16H2,1-3H3,(H,27,32). The zero-order chi connectivity index (χ0) is 24.9. The molecule has 0 fully saturated rings. The van der Waals surface area contributed by atoms with Crippen molar-refractivity contribution in [2.45, 2.75) is 40.0 Å². The van der Waals surface area contributed by atoms with E-state index in [9.17, 15) is 14.4 Å². The molecule has 0 atom stereocenters. The number of carbonyl (C=O) groups is 1. The Morgan fingerprint density at radius 3 is 2.46 bits per heavy atom. The van der Waals surface area contributed by atoms with Crippen LogP contribution in [0, 0.1) is 5.92 Å². The van der Waals surface area contributed by atoms with Crippen LogP contribution in [0.5, 0.6) is 5.75 Å². The molecule has 9 heteroatoms. The van der Waals surface area contributed by atoms with Crippen molar-refractivity contribution in [2.24, 2.45) is 5.92 Å². The van der Waals surface area contributed by atoms with Crippen molar-refractivity contribution >= 4 is 17.1 Å². The minimum absolute atomic E-state index is 0.212. The van der Waals surface area contributed by atoms with E-state index in [4.69, 9.17) is 4.74 Å². The van der Waals surface area contributed by atoms with Gasteiger partial charge in [-0.2, -0.15) is 0 Å². The van der Waals surface area contributed by atoms with Gasteiger partial charge >= 0.3 is 5.69 Å². The number of nitrogens with zero attached hydrogens (tertiary/aromatic N) is 4. The third kappa shape index (κ3) is 5.18. The Hall–Kier alpha value is -4.14. The molecule has 0 saturated heterocycles. The van der Waals surface area contributed by atoms with E-state index in [-0.39, 0.29) is 19.0 Å². The second kappa shape index (κ2) is 10.4. The quantitative estimate of drug-likeness (QED) is 0.401. The summed E-state index contributed by atoms with van der Waals surface area (Å²) in [4.78, 5) is 44.1. The highest BCUT2D eigenvalue weighted by molar-refractivity contribution is 5.76. The largest absolute Gasteiger partial charge is 0.496 e. The van der Waals surface area contributed by atoms with Gasteiger partial charge in [-0.1, -0.05) is 62.4 Å². The number of ether oxygens (including phenoxy) is 1. The topological polar surface area (TPSA) is 100 Å². The molecule has 2 heterocycles. The molecule has 0 bridgehead atoms. The van der Waals surface area contributed by atoms with Crippen LogP contribution in [0.15, 0.2) is 70.5 Å². The molecule has 4 aromatic rings. The van der Waals surface area contributed by atoms with Crippen molar-refractivity contribution in [3.05, 3.63) is 92.9 Å². The molecule has 182 valence electrons. The van der Waals surface area contributed by atoms with E-state index in [1.807, 2.05) is 62.4 Å². The number of methoxy groups -OCH3 is 1. The molecule has 0 aliphatic rings. The Morgan fingerprint density at radius 2 is 1.74 bits per heavy atom. The molecule has 2 aromatic heterocycles. The van der Waals surface area contributed by atoms with E-state index >= 15 is 0 Å². The molecular weight excluding hydrogens is 446 g/mol. The first-order valence-electron chi connectivity index (χ1n) is 11.5. The lowest BCUT2D eigenvalue weighted by molar-refractivity contribution is -0.121. The fourth-order valence-corrected chi connectivity index (χ4v) is 4.06. The number of hydrogen-bond acceptors (Lipinski definition) is 5. The minimum Gasteiger partial charge on any atom is -0.496 e. The summed E-state index contributed by atoms with van der Waals surface area (Å²) in [6.45, 7) is 4.69. The highest BCUT2D eigenvalue weighted by atomic mass is 16.5. The third-order valence-electron chi connectivity index (χ3n) is 5.70. The van der Waals surface area contributed by atoms with Gasteiger partial charge in [0, 0.05) is 18.7 Å². The summed E-state index contributed by atoms with van der Waals surface area (Å²) in [5.41, 5.74) is 1.21. The summed E-state index contributed by atoms with van der Waals surface area (Å²) < 4.78 is 9.52. The van der Waals surface area contributed by atoms with Crippen molar-refractivity contribution < 1.29 is 9.53 Å². The average molecular weight is 476 g/mol. The van der Waals surface area contributed by atoms with E-state index in [2.05, 4.69) is 10.3 Å². The molecular formula is C26H29N5O4. The molecule has 0 saturated carbocycles. The Morgan fingerprint density at radius 1 is 1.03 bits per heavy atom. The molecule has 4 rings (SSSR count). The highest BCUT2D eigenvalue weighted by Gasteiger charge is 2.20. The van der Waals surface area contributed by atoms with Crippen molar-refractivity contribution in [1.29, 1.82) is 0 Å². The van der Waals surface area contributed by atoms with Crippen LogP contribution >= 0.6 is 0 Å². The van der Waals surface area contributed by atoms with E-state index < -0.39 is 23.7 Å². The number of para-hydroxylation sites is 1. The van der Waals surface area contributed by atoms with Gasteiger partial charge in [0.25, 0.3) is 5.56 Å². The summed E-state index contributed by atoms with van der Waals surface area (Å²) in [5, 5.41) is 2.79. The Labute approximate surface area is 202 Å². The SMILES string of the molecule is COc1ccccc1CNC(=O)Cn1c(=O)c2c(ncn2CC(C)C)n(Cc2ccccc2)c1=O. The monoisotopic (exact) mass is 475 g/mol. The number of fused-ring (bicyclic) bond motifs is 1. The average Bonchev–Trinajstić information content (AvgIpc) is 3.26. The van der Waals surface area contributed by atoms with Crippen molar-refractivity contribution in [1.82, 2.24) is 24.0 Å². The van der Waals surface area contributed by atoms with Crippen LogP contribution in [-0.4, -0.2) is 31.7 Å². The molecule has 1 amide bonds. The molecule has 35 heavy (non-hydrogen) atoms. The van der Waals surface area contributed by atoms with Crippen LogP contribution < -0.4 is 21.3 Å². The third-order valence-corrected chi connectivity index (χ3v) is 5.70. The van der Waals surface area contributed by atoms with Gasteiger partial charge < -0.3 is 14.6 Å². The van der Waals surface area contributed by atoms with Gasteiger partial charge in [0.1, 0.15) is 12.3 Å². The maximum Gasteiger partial charge on any atom is 0.333 e. The Bertz CT molecular complexity index is 1450. The van der Waals surface area contributed by atoms with Crippen molar-refractivity contribution in [3.8, 4) is 5.75 Å². The van der Waals surface area contributed by atoms with Gasteiger partial charge in [-0.3, -0.25) is 14.2 Å². The number of amides is 1. The van der Waals surface area contributed by atoms with Crippen LogP contribution in [-0.2, 0) is 31.0 Å². The Kier molecular flexibility index (Phi) is 7.14. The normalized spacial score (nSPS) is 11.2. The molecule has 2 aromatic carbocycles. The summed E-state index contributed by atoms with van der Waals surface area (Å²) in [6, 6.07) is 16.8. The van der Waals surface area contributed by atoms with Gasteiger partial charge in [0.05, 0.1) is 20.0 Å². The number of nitrogens with one attached hydrogen (secondary N) is 1. The summed E-state index contributed by atoms with van der Waals surface area (Å²) in [6.07, 6.45) is 1.58. The second-order valence-electron chi connectivity index (χ2n) is 8.80. The molecule has 0 aliphatic carbocycles. The van der Waals surface area contributed by atoms with Gasteiger partial charge in [-0.25, -0.2) is 14.3 Å². The first-order chi connectivity index (χ1) is 16.9.